The number of hydrogen-bond acceptors (Lipinski definition) is 4. The number of aryl methyl sites for hydroxylation is 1. The summed E-state index contributed by atoms with van der Waals surface area (Å²) in [4.78, 5) is 24.9. The predicted molar refractivity (Wildman–Crippen MR) is 128 cm³/mol. The summed E-state index contributed by atoms with van der Waals surface area (Å²) >= 11 is 0. The van der Waals surface area contributed by atoms with E-state index < -0.39 is 11.7 Å². The SMILES string of the molecule is Cc1cccc(NC(=O)Cn2cc(C=NNC(=O)c3ccc(C#N)cc3F)c3ccccc32)c1. The maximum Gasteiger partial charge on any atom is 0.274 e. The maximum atomic E-state index is 14.0. The van der Waals surface area contributed by atoms with Gasteiger partial charge in [0.1, 0.15) is 12.4 Å². The Labute approximate surface area is 195 Å². The summed E-state index contributed by atoms with van der Waals surface area (Å²) in [6.45, 7) is 2.04. The van der Waals surface area contributed by atoms with Gasteiger partial charge in [0.2, 0.25) is 5.91 Å². The Balaban J connectivity index is 1.50. The normalized spacial score (nSPS) is 10.9. The van der Waals surface area contributed by atoms with Gasteiger partial charge in [-0.25, -0.2) is 9.82 Å². The van der Waals surface area contributed by atoms with Gasteiger partial charge in [-0.1, -0.05) is 30.3 Å². The lowest BCUT2D eigenvalue weighted by Crippen LogP contribution is -2.19. The number of hydrogen-bond donors (Lipinski definition) is 2. The van der Waals surface area contributed by atoms with Crippen LogP contribution in [0.4, 0.5) is 10.1 Å². The van der Waals surface area contributed by atoms with Gasteiger partial charge in [0, 0.05) is 28.4 Å². The van der Waals surface area contributed by atoms with Gasteiger partial charge in [-0.2, -0.15) is 10.4 Å². The zero-order valence-electron chi connectivity index (χ0n) is 18.2. The molecule has 34 heavy (non-hydrogen) atoms. The zero-order valence-corrected chi connectivity index (χ0v) is 18.2. The molecule has 4 aromatic rings. The van der Waals surface area contributed by atoms with Gasteiger partial charge in [0.25, 0.3) is 5.91 Å². The summed E-state index contributed by atoms with van der Waals surface area (Å²) in [6, 6.07) is 20.5. The molecule has 0 saturated heterocycles. The van der Waals surface area contributed by atoms with Crippen LogP contribution in [-0.4, -0.2) is 22.6 Å². The molecule has 0 atom stereocenters. The summed E-state index contributed by atoms with van der Waals surface area (Å²) < 4.78 is 15.8. The number of nitrogens with one attached hydrogen (secondary N) is 2. The van der Waals surface area contributed by atoms with Gasteiger partial charge < -0.3 is 9.88 Å². The van der Waals surface area contributed by atoms with Gasteiger partial charge >= 0.3 is 0 Å². The lowest BCUT2D eigenvalue weighted by atomic mass is 10.1. The van der Waals surface area contributed by atoms with Crippen molar-refractivity contribution >= 4 is 34.6 Å². The lowest BCUT2D eigenvalue weighted by Gasteiger charge is -2.08. The van der Waals surface area contributed by atoms with Crippen molar-refractivity contribution in [1.29, 1.82) is 5.26 Å². The molecule has 7 nitrogen and oxygen atoms in total. The highest BCUT2D eigenvalue weighted by Gasteiger charge is 2.13. The van der Waals surface area contributed by atoms with Crippen molar-refractivity contribution in [2.45, 2.75) is 13.5 Å². The van der Waals surface area contributed by atoms with E-state index in [1.165, 1.54) is 18.3 Å². The Bertz CT molecular complexity index is 1470. The summed E-state index contributed by atoms with van der Waals surface area (Å²) in [7, 11) is 0. The molecule has 0 radical (unpaired) electrons. The molecule has 0 spiro atoms. The van der Waals surface area contributed by atoms with E-state index in [9.17, 15) is 14.0 Å². The Kier molecular flexibility index (Phi) is 6.46. The average Bonchev–Trinajstić information content (AvgIpc) is 3.16. The fraction of sp³-hybridized carbons (Fsp3) is 0.0769. The Hall–Kier alpha value is -4.77. The summed E-state index contributed by atoms with van der Waals surface area (Å²) in [5, 5.41) is 16.5. The maximum absolute atomic E-state index is 14.0. The number of aromatic nitrogens is 1. The first-order valence-corrected chi connectivity index (χ1v) is 10.4. The number of carbonyl (C=O) groups is 2. The molecular formula is C26H20FN5O2. The second kappa shape index (κ2) is 9.79. The van der Waals surface area contributed by atoms with Crippen LogP contribution in [-0.2, 0) is 11.3 Å². The first kappa shape index (κ1) is 22.4. The van der Waals surface area contributed by atoms with Crippen molar-refractivity contribution in [2.24, 2.45) is 5.10 Å². The lowest BCUT2D eigenvalue weighted by molar-refractivity contribution is -0.116. The van der Waals surface area contributed by atoms with E-state index in [1.807, 2.05) is 61.5 Å². The predicted octanol–water partition coefficient (Wildman–Crippen LogP) is 4.36. The Morgan fingerprint density at radius 2 is 1.94 bits per heavy atom. The fourth-order valence-electron chi connectivity index (χ4n) is 3.58. The second-order valence-corrected chi connectivity index (χ2v) is 7.65. The number of amides is 2. The average molecular weight is 453 g/mol. The minimum atomic E-state index is -0.803. The number of nitriles is 1. The highest BCUT2D eigenvalue weighted by Crippen LogP contribution is 2.20. The number of hydrazone groups is 1. The van der Waals surface area contributed by atoms with Crippen molar-refractivity contribution in [1.82, 2.24) is 9.99 Å². The molecule has 4 rings (SSSR count). The number of carbonyl (C=O) groups excluding carboxylic acids is 2. The van der Waals surface area contributed by atoms with E-state index in [4.69, 9.17) is 5.26 Å². The molecule has 8 heteroatoms. The standard InChI is InChI=1S/C26H20FN5O2/c1-17-5-4-6-20(11-17)30-25(33)16-32-15-19(21-7-2-3-8-24(21)32)14-29-31-26(34)22-10-9-18(13-28)12-23(22)27/h2-12,14-15H,16H2,1H3,(H,30,33)(H,31,34). The molecule has 0 aliphatic rings. The third-order valence-electron chi connectivity index (χ3n) is 5.15. The van der Waals surface area contributed by atoms with Crippen LogP contribution < -0.4 is 10.7 Å². The monoisotopic (exact) mass is 453 g/mol. The molecule has 168 valence electrons. The van der Waals surface area contributed by atoms with Crippen molar-refractivity contribution < 1.29 is 14.0 Å². The number of benzene rings is 3. The van der Waals surface area contributed by atoms with Crippen LogP contribution in [0.25, 0.3) is 10.9 Å². The third-order valence-corrected chi connectivity index (χ3v) is 5.15. The van der Waals surface area contributed by atoms with Crippen LogP contribution in [0.15, 0.2) is 78.0 Å². The minimum Gasteiger partial charge on any atom is -0.337 e. The fourth-order valence-corrected chi connectivity index (χ4v) is 3.58. The number of para-hydroxylation sites is 1. The molecule has 0 unspecified atom stereocenters. The highest BCUT2D eigenvalue weighted by molar-refractivity contribution is 6.01. The van der Waals surface area contributed by atoms with Crippen molar-refractivity contribution in [3.8, 4) is 6.07 Å². The minimum absolute atomic E-state index is 0.0884. The molecule has 0 aliphatic carbocycles. The van der Waals surface area contributed by atoms with E-state index in [1.54, 1.807) is 10.8 Å². The van der Waals surface area contributed by atoms with Crippen molar-refractivity contribution in [3.63, 3.8) is 0 Å². The van der Waals surface area contributed by atoms with E-state index in [0.717, 1.165) is 28.2 Å². The molecular weight excluding hydrogens is 433 g/mol. The summed E-state index contributed by atoms with van der Waals surface area (Å²) in [6.07, 6.45) is 3.20. The molecule has 0 saturated carbocycles. The molecule has 0 aliphatic heterocycles. The van der Waals surface area contributed by atoms with Gasteiger partial charge in [-0.3, -0.25) is 9.59 Å². The number of nitrogens with zero attached hydrogens (tertiary/aromatic N) is 3. The van der Waals surface area contributed by atoms with Gasteiger partial charge in [0.05, 0.1) is 23.4 Å². The molecule has 1 aromatic heterocycles. The number of halogens is 1. The van der Waals surface area contributed by atoms with Gasteiger partial charge in [-0.05, 0) is 48.9 Å². The van der Waals surface area contributed by atoms with E-state index >= 15 is 0 Å². The first-order valence-electron chi connectivity index (χ1n) is 10.4. The quantitative estimate of drug-likeness (QED) is 0.335. The van der Waals surface area contributed by atoms with Crippen molar-refractivity contribution in [3.05, 3.63) is 101 Å². The number of rotatable bonds is 6. The summed E-state index contributed by atoms with van der Waals surface area (Å²) in [5.74, 6) is -1.72. The molecule has 2 amide bonds. The van der Waals surface area contributed by atoms with E-state index in [0.29, 0.717) is 5.56 Å². The second-order valence-electron chi connectivity index (χ2n) is 7.65. The van der Waals surface area contributed by atoms with E-state index in [-0.39, 0.29) is 23.6 Å². The number of fused-ring (bicyclic) bond motifs is 1. The molecule has 0 fully saturated rings. The number of anilines is 1. The summed E-state index contributed by atoms with van der Waals surface area (Å²) in [5.41, 5.74) is 5.48. The highest BCUT2D eigenvalue weighted by atomic mass is 19.1. The van der Waals surface area contributed by atoms with Crippen LogP contribution in [0, 0.1) is 24.1 Å². The Morgan fingerprint density at radius 3 is 2.71 bits per heavy atom. The smallest absolute Gasteiger partial charge is 0.274 e. The molecule has 2 N–H and O–H groups in total. The van der Waals surface area contributed by atoms with Crippen LogP contribution in [0.3, 0.4) is 0 Å². The van der Waals surface area contributed by atoms with E-state index in [2.05, 4.69) is 15.8 Å². The first-order chi connectivity index (χ1) is 16.4. The molecule has 0 bridgehead atoms. The Morgan fingerprint density at radius 1 is 1.12 bits per heavy atom. The molecule has 1 heterocycles. The molecule has 3 aromatic carbocycles. The van der Waals surface area contributed by atoms with Gasteiger partial charge in [-0.15, -0.1) is 0 Å². The zero-order chi connectivity index (χ0) is 24.1. The van der Waals surface area contributed by atoms with Crippen molar-refractivity contribution in [2.75, 3.05) is 5.32 Å². The van der Waals surface area contributed by atoms with Gasteiger partial charge in [0.15, 0.2) is 0 Å². The topological polar surface area (TPSA) is 99.3 Å². The van der Waals surface area contributed by atoms with Crippen LogP contribution in [0.2, 0.25) is 0 Å². The van der Waals surface area contributed by atoms with Crippen LogP contribution in [0.1, 0.15) is 27.0 Å². The largest absolute Gasteiger partial charge is 0.337 e. The third kappa shape index (κ3) is 5.00. The van der Waals surface area contributed by atoms with Crippen LogP contribution in [0.5, 0.6) is 0 Å². The van der Waals surface area contributed by atoms with Crippen LogP contribution >= 0.6 is 0 Å².